The quantitative estimate of drug-likeness (QED) is 0.777. The van der Waals surface area contributed by atoms with Crippen molar-refractivity contribution < 1.29 is 4.42 Å². The first-order valence-corrected chi connectivity index (χ1v) is 6.01. The van der Waals surface area contributed by atoms with Crippen molar-refractivity contribution in [3.63, 3.8) is 0 Å². The molecule has 0 aliphatic rings. The van der Waals surface area contributed by atoms with Gasteiger partial charge in [0, 0.05) is 36.6 Å². The van der Waals surface area contributed by atoms with Crippen LogP contribution in [0.2, 0.25) is 0 Å². The maximum absolute atomic E-state index is 5.25. The third-order valence-corrected chi connectivity index (χ3v) is 2.86. The molecule has 0 amide bonds. The molecule has 0 fully saturated rings. The fourth-order valence-electron chi connectivity index (χ4n) is 1.88. The number of benzene rings is 1. The van der Waals surface area contributed by atoms with Crippen LogP contribution in [0.3, 0.4) is 0 Å². The molecule has 0 atom stereocenters. The Morgan fingerprint density at radius 2 is 2.05 bits per heavy atom. The molecule has 3 aromatic rings. The summed E-state index contributed by atoms with van der Waals surface area (Å²) >= 11 is 0. The fourth-order valence-corrected chi connectivity index (χ4v) is 1.88. The second kappa shape index (κ2) is 4.97. The van der Waals surface area contributed by atoms with Gasteiger partial charge in [-0.25, -0.2) is 4.98 Å². The predicted octanol–water partition coefficient (Wildman–Crippen LogP) is 2.69. The summed E-state index contributed by atoms with van der Waals surface area (Å²) in [6, 6.07) is 8.06. The van der Waals surface area contributed by atoms with Crippen molar-refractivity contribution in [3.8, 4) is 11.3 Å². The summed E-state index contributed by atoms with van der Waals surface area (Å²) in [7, 11) is 1.91. The first-order valence-electron chi connectivity index (χ1n) is 6.01. The summed E-state index contributed by atoms with van der Waals surface area (Å²) in [5, 5.41) is 7.48. The van der Waals surface area contributed by atoms with Gasteiger partial charge in [-0.05, 0) is 24.3 Å². The lowest BCUT2D eigenvalue weighted by atomic mass is 10.1. The van der Waals surface area contributed by atoms with Crippen molar-refractivity contribution in [1.82, 2.24) is 14.8 Å². The van der Waals surface area contributed by atoms with Crippen molar-refractivity contribution in [1.29, 1.82) is 0 Å². The van der Waals surface area contributed by atoms with E-state index < -0.39 is 0 Å². The second-order valence-corrected chi connectivity index (χ2v) is 4.32. The maximum atomic E-state index is 5.25. The zero-order valence-corrected chi connectivity index (χ0v) is 10.6. The standard InChI is InChI=1S/C14H14N4O/c1-18-9-11(7-17-18)6-16-13-4-2-12(3-5-13)14-8-15-10-19-14/h2-5,7-10,16H,6H2,1H3. The third-order valence-electron chi connectivity index (χ3n) is 2.86. The van der Waals surface area contributed by atoms with E-state index in [0.717, 1.165) is 29.1 Å². The molecule has 1 N–H and O–H groups in total. The molecular weight excluding hydrogens is 240 g/mol. The molecular formula is C14H14N4O. The molecule has 2 aromatic heterocycles. The first kappa shape index (κ1) is 11.5. The van der Waals surface area contributed by atoms with E-state index in [1.807, 2.05) is 43.7 Å². The number of hydrogen-bond acceptors (Lipinski definition) is 4. The minimum absolute atomic E-state index is 0.759. The summed E-state index contributed by atoms with van der Waals surface area (Å²) in [5.74, 6) is 0.777. The fraction of sp³-hybridized carbons (Fsp3) is 0.143. The lowest BCUT2D eigenvalue weighted by molar-refractivity contribution is 0.572. The van der Waals surface area contributed by atoms with E-state index in [4.69, 9.17) is 4.42 Å². The lowest BCUT2D eigenvalue weighted by Gasteiger charge is -2.05. The smallest absolute Gasteiger partial charge is 0.181 e. The molecule has 0 aliphatic heterocycles. The van der Waals surface area contributed by atoms with E-state index in [9.17, 15) is 0 Å². The number of anilines is 1. The van der Waals surface area contributed by atoms with Gasteiger partial charge in [-0.15, -0.1) is 0 Å². The van der Waals surface area contributed by atoms with Gasteiger partial charge >= 0.3 is 0 Å². The molecule has 0 saturated heterocycles. The van der Waals surface area contributed by atoms with Crippen LogP contribution in [-0.2, 0) is 13.6 Å². The molecule has 0 saturated carbocycles. The van der Waals surface area contributed by atoms with E-state index in [2.05, 4.69) is 15.4 Å². The molecule has 5 nitrogen and oxygen atoms in total. The average Bonchev–Trinajstić information content (AvgIpc) is 3.08. The Balaban J connectivity index is 1.66. The Bertz CT molecular complexity index is 640. The summed E-state index contributed by atoms with van der Waals surface area (Å²) in [6.07, 6.45) is 6.99. The summed E-state index contributed by atoms with van der Waals surface area (Å²) in [4.78, 5) is 3.91. The number of aromatic nitrogens is 3. The number of nitrogens with one attached hydrogen (secondary N) is 1. The molecule has 3 rings (SSSR count). The average molecular weight is 254 g/mol. The molecule has 2 heterocycles. The summed E-state index contributed by atoms with van der Waals surface area (Å²) in [6.45, 7) is 0.759. The van der Waals surface area contributed by atoms with Gasteiger partial charge in [0.15, 0.2) is 12.2 Å². The molecule has 0 bridgehead atoms. The third kappa shape index (κ3) is 2.65. The number of rotatable bonds is 4. The van der Waals surface area contributed by atoms with Crippen LogP contribution < -0.4 is 5.32 Å². The van der Waals surface area contributed by atoms with Gasteiger partial charge in [-0.1, -0.05) is 0 Å². The molecule has 0 aliphatic carbocycles. The van der Waals surface area contributed by atoms with Crippen LogP contribution in [0.5, 0.6) is 0 Å². The highest BCUT2D eigenvalue weighted by Gasteiger charge is 2.01. The van der Waals surface area contributed by atoms with Crippen LogP contribution in [0.1, 0.15) is 5.56 Å². The van der Waals surface area contributed by atoms with E-state index >= 15 is 0 Å². The van der Waals surface area contributed by atoms with Gasteiger partial charge in [-0.3, -0.25) is 4.68 Å². The van der Waals surface area contributed by atoms with E-state index in [-0.39, 0.29) is 0 Å². The molecule has 19 heavy (non-hydrogen) atoms. The Morgan fingerprint density at radius 3 is 2.68 bits per heavy atom. The van der Waals surface area contributed by atoms with Crippen LogP contribution in [0.4, 0.5) is 5.69 Å². The van der Waals surface area contributed by atoms with Gasteiger partial charge in [0.25, 0.3) is 0 Å². The second-order valence-electron chi connectivity index (χ2n) is 4.32. The highest BCUT2D eigenvalue weighted by molar-refractivity contribution is 5.60. The predicted molar refractivity (Wildman–Crippen MR) is 72.5 cm³/mol. The van der Waals surface area contributed by atoms with Crippen molar-refractivity contribution >= 4 is 5.69 Å². The maximum Gasteiger partial charge on any atom is 0.181 e. The van der Waals surface area contributed by atoms with Gasteiger partial charge in [-0.2, -0.15) is 5.10 Å². The van der Waals surface area contributed by atoms with Gasteiger partial charge in [0.1, 0.15) is 0 Å². The Hall–Kier alpha value is -2.56. The molecule has 1 aromatic carbocycles. The van der Waals surface area contributed by atoms with Gasteiger partial charge in [0.05, 0.1) is 12.4 Å². The molecule has 0 radical (unpaired) electrons. The van der Waals surface area contributed by atoms with Crippen molar-refractivity contribution in [2.75, 3.05) is 5.32 Å². The minimum Gasteiger partial charge on any atom is -0.444 e. The van der Waals surface area contributed by atoms with Crippen molar-refractivity contribution in [3.05, 3.63) is 54.8 Å². The van der Waals surface area contributed by atoms with E-state index in [1.165, 1.54) is 6.39 Å². The Morgan fingerprint density at radius 1 is 1.21 bits per heavy atom. The van der Waals surface area contributed by atoms with E-state index in [0.29, 0.717) is 0 Å². The first-order chi connectivity index (χ1) is 9.31. The monoisotopic (exact) mass is 254 g/mol. The van der Waals surface area contributed by atoms with Crippen LogP contribution in [-0.4, -0.2) is 14.8 Å². The minimum atomic E-state index is 0.759. The molecule has 96 valence electrons. The lowest BCUT2D eigenvalue weighted by Crippen LogP contribution is -1.98. The SMILES string of the molecule is Cn1cc(CNc2ccc(-c3cnco3)cc2)cn1. The molecule has 5 heteroatoms. The highest BCUT2D eigenvalue weighted by atomic mass is 16.3. The Kier molecular flexibility index (Phi) is 3.02. The van der Waals surface area contributed by atoms with Gasteiger partial charge < -0.3 is 9.73 Å². The highest BCUT2D eigenvalue weighted by Crippen LogP contribution is 2.20. The summed E-state index contributed by atoms with van der Waals surface area (Å²) < 4.78 is 7.04. The van der Waals surface area contributed by atoms with E-state index in [1.54, 1.807) is 10.9 Å². The van der Waals surface area contributed by atoms with Gasteiger partial charge in [0.2, 0.25) is 0 Å². The summed E-state index contributed by atoms with van der Waals surface area (Å²) in [5.41, 5.74) is 3.23. The topological polar surface area (TPSA) is 55.9 Å². The molecule has 0 unspecified atom stereocenters. The number of hydrogen-bond donors (Lipinski definition) is 1. The number of nitrogens with zero attached hydrogens (tertiary/aromatic N) is 3. The Labute approximate surface area is 110 Å². The van der Waals surface area contributed by atoms with Crippen molar-refractivity contribution in [2.24, 2.45) is 7.05 Å². The molecule has 0 spiro atoms. The number of oxazole rings is 1. The van der Waals surface area contributed by atoms with Crippen LogP contribution in [0.25, 0.3) is 11.3 Å². The van der Waals surface area contributed by atoms with Crippen molar-refractivity contribution in [2.45, 2.75) is 6.54 Å². The normalized spacial score (nSPS) is 10.6. The number of aryl methyl sites for hydroxylation is 1. The van der Waals surface area contributed by atoms with Crippen LogP contribution >= 0.6 is 0 Å². The zero-order chi connectivity index (χ0) is 13.1. The van der Waals surface area contributed by atoms with Crippen LogP contribution in [0.15, 0.2) is 53.7 Å². The van der Waals surface area contributed by atoms with Crippen LogP contribution in [0, 0.1) is 0 Å². The largest absolute Gasteiger partial charge is 0.444 e. The zero-order valence-electron chi connectivity index (χ0n) is 10.6.